The first-order valence-corrected chi connectivity index (χ1v) is 5.67. The molecule has 1 heterocycles. The van der Waals surface area contributed by atoms with Gasteiger partial charge in [-0.25, -0.2) is 0 Å². The smallest absolute Gasteiger partial charge is 0.164 e. The molecule has 0 N–H and O–H groups in total. The predicted molar refractivity (Wildman–Crippen MR) is 60.4 cm³/mol. The van der Waals surface area contributed by atoms with Crippen molar-refractivity contribution in [2.75, 3.05) is 0 Å². The van der Waals surface area contributed by atoms with Gasteiger partial charge in [-0.3, -0.25) is 9.78 Å². The van der Waals surface area contributed by atoms with Crippen LogP contribution in [0.5, 0.6) is 0 Å². The first-order chi connectivity index (χ1) is 6.74. The number of ketones is 1. The summed E-state index contributed by atoms with van der Waals surface area (Å²) in [6.07, 6.45) is 7.17. The van der Waals surface area contributed by atoms with E-state index in [4.69, 9.17) is 0 Å². The largest absolute Gasteiger partial charge is 0.294 e. The van der Waals surface area contributed by atoms with Crippen molar-refractivity contribution < 1.29 is 4.79 Å². The summed E-state index contributed by atoms with van der Waals surface area (Å²) in [4.78, 5) is 15.6. The number of hydrogen-bond donors (Lipinski definition) is 0. The lowest BCUT2D eigenvalue weighted by atomic mass is 10.1. The highest BCUT2D eigenvalue weighted by Crippen LogP contribution is 2.12. The molecule has 0 atom stereocenters. The first kappa shape index (κ1) is 11.4. The number of pyridine rings is 1. The fourth-order valence-corrected chi connectivity index (χ4v) is 1.61. The fourth-order valence-electron chi connectivity index (χ4n) is 1.24. The molecule has 0 saturated heterocycles. The third-order valence-corrected chi connectivity index (χ3v) is 2.47. The van der Waals surface area contributed by atoms with Gasteiger partial charge in [0.15, 0.2) is 5.78 Å². The summed E-state index contributed by atoms with van der Waals surface area (Å²) >= 11 is 3.30. The van der Waals surface area contributed by atoms with Gasteiger partial charge in [-0.2, -0.15) is 0 Å². The van der Waals surface area contributed by atoms with Gasteiger partial charge in [-0.1, -0.05) is 19.8 Å². The average Bonchev–Trinajstić information content (AvgIpc) is 2.18. The summed E-state index contributed by atoms with van der Waals surface area (Å²) in [5, 5.41) is 0. The van der Waals surface area contributed by atoms with E-state index in [2.05, 4.69) is 27.8 Å². The first-order valence-electron chi connectivity index (χ1n) is 4.87. The predicted octanol–water partition coefficient (Wildman–Crippen LogP) is 3.61. The van der Waals surface area contributed by atoms with Crippen molar-refractivity contribution in [1.82, 2.24) is 4.98 Å². The number of hydrogen-bond acceptors (Lipinski definition) is 2. The van der Waals surface area contributed by atoms with E-state index in [0.29, 0.717) is 12.0 Å². The zero-order chi connectivity index (χ0) is 10.4. The molecule has 2 nitrogen and oxygen atoms in total. The van der Waals surface area contributed by atoms with Gasteiger partial charge in [0.25, 0.3) is 0 Å². The molecule has 1 rings (SSSR count). The molecule has 0 unspecified atom stereocenters. The van der Waals surface area contributed by atoms with Crippen LogP contribution in [0.3, 0.4) is 0 Å². The molecule has 76 valence electrons. The van der Waals surface area contributed by atoms with Crippen LogP contribution >= 0.6 is 15.9 Å². The Morgan fingerprint density at radius 3 is 2.86 bits per heavy atom. The molecular formula is C11H14BrNO. The Bertz CT molecular complexity index is 312. The molecule has 0 bridgehead atoms. The standard InChI is InChI=1S/C11H14BrNO/c1-2-3-4-5-11(14)9-6-10(12)8-13-7-9/h6-8H,2-5H2,1H3. The molecule has 14 heavy (non-hydrogen) atoms. The van der Waals surface area contributed by atoms with Crippen LogP contribution in [-0.4, -0.2) is 10.8 Å². The summed E-state index contributed by atoms with van der Waals surface area (Å²) in [5.74, 6) is 0.187. The van der Waals surface area contributed by atoms with E-state index in [1.165, 1.54) is 0 Å². The maximum atomic E-state index is 11.6. The SMILES string of the molecule is CCCCCC(=O)c1cncc(Br)c1. The fraction of sp³-hybridized carbons (Fsp3) is 0.455. The van der Waals surface area contributed by atoms with Crippen LogP contribution in [0.15, 0.2) is 22.9 Å². The number of aromatic nitrogens is 1. The Hall–Kier alpha value is -0.700. The van der Waals surface area contributed by atoms with Gasteiger partial charge in [0, 0.05) is 28.9 Å². The maximum absolute atomic E-state index is 11.6. The van der Waals surface area contributed by atoms with Crippen molar-refractivity contribution >= 4 is 21.7 Å². The van der Waals surface area contributed by atoms with Crippen LogP contribution in [0.4, 0.5) is 0 Å². The van der Waals surface area contributed by atoms with Crippen molar-refractivity contribution in [2.45, 2.75) is 32.6 Å². The van der Waals surface area contributed by atoms with Gasteiger partial charge < -0.3 is 0 Å². The minimum atomic E-state index is 0.187. The van der Waals surface area contributed by atoms with E-state index in [0.717, 1.165) is 23.7 Å². The van der Waals surface area contributed by atoms with E-state index < -0.39 is 0 Å². The van der Waals surface area contributed by atoms with Gasteiger partial charge >= 0.3 is 0 Å². The van der Waals surface area contributed by atoms with Gasteiger partial charge in [0.05, 0.1) is 0 Å². The molecule has 1 aromatic rings. The number of halogens is 1. The second kappa shape index (κ2) is 5.91. The summed E-state index contributed by atoms with van der Waals surface area (Å²) in [7, 11) is 0. The number of carbonyl (C=O) groups is 1. The molecule has 0 aromatic carbocycles. The quantitative estimate of drug-likeness (QED) is 0.595. The van der Waals surface area contributed by atoms with E-state index in [1.54, 1.807) is 12.4 Å². The van der Waals surface area contributed by atoms with Gasteiger partial charge in [0.1, 0.15) is 0 Å². The summed E-state index contributed by atoms with van der Waals surface area (Å²) in [6.45, 7) is 2.13. The van der Waals surface area contributed by atoms with Crippen LogP contribution in [-0.2, 0) is 0 Å². The molecule has 0 saturated carbocycles. The molecule has 1 aromatic heterocycles. The Kier molecular flexibility index (Phi) is 4.80. The lowest BCUT2D eigenvalue weighted by Gasteiger charge is -2.00. The van der Waals surface area contributed by atoms with Crippen LogP contribution in [0.2, 0.25) is 0 Å². The molecule has 0 aliphatic heterocycles. The van der Waals surface area contributed by atoms with E-state index in [1.807, 2.05) is 6.07 Å². The Labute approximate surface area is 92.9 Å². The Morgan fingerprint density at radius 2 is 2.21 bits per heavy atom. The van der Waals surface area contributed by atoms with Crippen molar-refractivity contribution in [3.05, 3.63) is 28.5 Å². The number of rotatable bonds is 5. The molecule has 0 amide bonds. The summed E-state index contributed by atoms with van der Waals surface area (Å²) < 4.78 is 0.860. The van der Waals surface area contributed by atoms with E-state index in [-0.39, 0.29) is 5.78 Å². The zero-order valence-corrected chi connectivity index (χ0v) is 9.88. The maximum Gasteiger partial charge on any atom is 0.164 e. The van der Waals surface area contributed by atoms with Gasteiger partial charge in [0.2, 0.25) is 0 Å². The average molecular weight is 256 g/mol. The van der Waals surface area contributed by atoms with Crippen LogP contribution in [0.25, 0.3) is 0 Å². The second-order valence-electron chi connectivity index (χ2n) is 3.27. The number of Topliss-reactive ketones (excluding diaryl/α,β-unsaturated/α-hetero) is 1. The van der Waals surface area contributed by atoms with Crippen LogP contribution in [0.1, 0.15) is 43.0 Å². The molecule has 0 aliphatic rings. The highest BCUT2D eigenvalue weighted by molar-refractivity contribution is 9.10. The molecular weight excluding hydrogens is 242 g/mol. The van der Waals surface area contributed by atoms with Crippen LogP contribution < -0.4 is 0 Å². The lowest BCUT2D eigenvalue weighted by molar-refractivity contribution is 0.0979. The normalized spacial score (nSPS) is 10.1. The summed E-state index contributed by atoms with van der Waals surface area (Å²) in [6, 6.07) is 1.82. The minimum absolute atomic E-state index is 0.187. The van der Waals surface area contributed by atoms with E-state index >= 15 is 0 Å². The third-order valence-electron chi connectivity index (χ3n) is 2.03. The molecule has 0 radical (unpaired) electrons. The Balaban J connectivity index is 2.52. The topological polar surface area (TPSA) is 30.0 Å². The number of unbranched alkanes of at least 4 members (excludes halogenated alkanes) is 2. The lowest BCUT2D eigenvalue weighted by Crippen LogP contribution is -1.99. The third kappa shape index (κ3) is 3.58. The molecule has 3 heteroatoms. The van der Waals surface area contributed by atoms with Crippen LogP contribution in [0, 0.1) is 0 Å². The van der Waals surface area contributed by atoms with Gasteiger partial charge in [-0.15, -0.1) is 0 Å². The van der Waals surface area contributed by atoms with Crippen molar-refractivity contribution in [3.63, 3.8) is 0 Å². The monoisotopic (exact) mass is 255 g/mol. The van der Waals surface area contributed by atoms with Gasteiger partial charge in [-0.05, 0) is 28.4 Å². The van der Waals surface area contributed by atoms with Crippen molar-refractivity contribution in [1.29, 1.82) is 0 Å². The second-order valence-corrected chi connectivity index (χ2v) is 4.19. The van der Waals surface area contributed by atoms with Crippen molar-refractivity contribution in [2.24, 2.45) is 0 Å². The zero-order valence-electron chi connectivity index (χ0n) is 8.29. The van der Waals surface area contributed by atoms with Crippen molar-refractivity contribution in [3.8, 4) is 0 Å². The number of nitrogens with zero attached hydrogens (tertiary/aromatic N) is 1. The minimum Gasteiger partial charge on any atom is -0.294 e. The van der Waals surface area contributed by atoms with E-state index in [9.17, 15) is 4.79 Å². The number of carbonyl (C=O) groups excluding carboxylic acids is 1. The molecule has 0 fully saturated rings. The highest BCUT2D eigenvalue weighted by atomic mass is 79.9. The Morgan fingerprint density at radius 1 is 1.43 bits per heavy atom. The highest BCUT2D eigenvalue weighted by Gasteiger charge is 2.05. The summed E-state index contributed by atoms with van der Waals surface area (Å²) in [5.41, 5.74) is 0.704. The molecule has 0 aliphatic carbocycles. The molecule has 0 spiro atoms.